The second kappa shape index (κ2) is 6.20. The molecule has 5 nitrogen and oxygen atoms in total. The number of nitrogens with zero attached hydrogens (tertiary/aromatic N) is 1. The molecule has 0 spiro atoms. The van der Waals surface area contributed by atoms with Crippen molar-refractivity contribution < 1.29 is 9.59 Å². The van der Waals surface area contributed by atoms with Gasteiger partial charge in [0.1, 0.15) is 0 Å². The molecule has 0 bridgehead atoms. The number of benzene rings is 2. The number of carbonyl (C=O) groups is 2. The standard InChI is InChI=1S/C19H19N3O2/c1-12-17(15-9-4-5-10-16(15)20-12)18(23)21-14-8-6-7-13(11-14)19(24)22(2)3/h4-11,20H,1-3H3,(H,21,23). The molecule has 0 saturated carbocycles. The number of para-hydroxylation sites is 1. The Bertz CT molecular complexity index is 925. The van der Waals surface area contributed by atoms with Crippen molar-refractivity contribution in [1.29, 1.82) is 0 Å². The van der Waals surface area contributed by atoms with Crippen LogP contribution in [0, 0.1) is 6.92 Å². The van der Waals surface area contributed by atoms with Gasteiger partial charge in [0.05, 0.1) is 5.56 Å². The van der Waals surface area contributed by atoms with Crippen LogP contribution >= 0.6 is 0 Å². The first-order valence-corrected chi connectivity index (χ1v) is 7.67. The number of hydrogen-bond acceptors (Lipinski definition) is 2. The Balaban J connectivity index is 1.91. The molecule has 0 radical (unpaired) electrons. The molecule has 3 aromatic rings. The first-order valence-electron chi connectivity index (χ1n) is 7.67. The fraction of sp³-hybridized carbons (Fsp3) is 0.158. The summed E-state index contributed by atoms with van der Waals surface area (Å²) in [6.45, 7) is 1.88. The van der Waals surface area contributed by atoms with Crippen LogP contribution in [0.3, 0.4) is 0 Å². The predicted molar refractivity (Wildman–Crippen MR) is 95.4 cm³/mol. The number of carbonyl (C=O) groups excluding carboxylic acids is 2. The molecule has 0 aliphatic rings. The molecule has 2 amide bonds. The van der Waals surface area contributed by atoms with E-state index < -0.39 is 0 Å². The van der Waals surface area contributed by atoms with Crippen molar-refractivity contribution in [3.05, 3.63) is 65.4 Å². The number of fused-ring (bicyclic) bond motifs is 1. The highest BCUT2D eigenvalue weighted by molar-refractivity contribution is 6.14. The Morgan fingerprint density at radius 1 is 1.04 bits per heavy atom. The maximum atomic E-state index is 12.7. The van der Waals surface area contributed by atoms with Gasteiger partial charge in [-0.25, -0.2) is 0 Å². The molecule has 0 atom stereocenters. The lowest BCUT2D eigenvalue weighted by Crippen LogP contribution is -2.22. The van der Waals surface area contributed by atoms with E-state index in [1.165, 1.54) is 4.90 Å². The third-order valence-electron chi connectivity index (χ3n) is 3.89. The van der Waals surface area contributed by atoms with Gasteiger partial charge in [0.2, 0.25) is 0 Å². The summed E-state index contributed by atoms with van der Waals surface area (Å²) in [5.74, 6) is -0.297. The van der Waals surface area contributed by atoms with Crippen LogP contribution in [-0.2, 0) is 0 Å². The summed E-state index contributed by atoms with van der Waals surface area (Å²) < 4.78 is 0. The summed E-state index contributed by atoms with van der Waals surface area (Å²) in [7, 11) is 3.39. The second-order valence-electron chi connectivity index (χ2n) is 5.91. The zero-order valence-corrected chi connectivity index (χ0v) is 13.9. The van der Waals surface area contributed by atoms with Crippen LogP contribution in [-0.4, -0.2) is 35.8 Å². The van der Waals surface area contributed by atoms with E-state index in [0.717, 1.165) is 16.6 Å². The van der Waals surface area contributed by atoms with Gasteiger partial charge in [-0.15, -0.1) is 0 Å². The van der Waals surface area contributed by atoms with Gasteiger partial charge in [0, 0.05) is 41.9 Å². The number of hydrogen-bond donors (Lipinski definition) is 2. The summed E-state index contributed by atoms with van der Waals surface area (Å²) in [5, 5.41) is 3.76. The van der Waals surface area contributed by atoms with Crippen LogP contribution in [0.5, 0.6) is 0 Å². The van der Waals surface area contributed by atoms with E-state index in [1.54, 1.807) is 38.4 Å². The Hall–Kier alpha value is -3.08. The van der Waals surface area contributed by atoms with Gasteiger partial charge < -0.3 is 15.2 Å². The minimum absolute atomic E-state index is 0.102. The lowest BCUT2D eigenvalue weighted by atomic mass is 10.1. The molecular formula is C19H19N3O2. The van der Waals surface area contributed by atoms with E-state index >= 15 is 0 Å². The quantitative estimate of drug-likeness (QED) is 0.776. The first kappa shape index (κ1) is 15.8. The molecule has 24 heavy (non-hydrogen) atoms. The fourth-order valence-electron chi connectivity index (χ4n) is 2.75. The third-order valence-corrected chi connectivity index (χ3v) is 3.89. The van der Waals surface area contributed by atoms with E-state index in [1.807, 2.05) is 31.2 Å². The normalized spacial score (nSPS) is 10.6. The Kier molecular flexibility index (Phi) is 4.08. The molecule has 2 aromatic carbocycles. The minimum atomic E-state index is -0.195. The third kappa shape index (κ3) is 2.88. The second-order valence-corrected chi connectivity index (χ2v) is 5.91. The molecule has 0 fully saturated rings. The number of H-pyrrole nitrogens is 1. The summed E-state index contributed by atoms with van der Waals surface area (Å²) in [6, 6.07) is 14.6. The highest BCUT2D eigenvalue weighted by atomic mass is 16.2. The largest absolute Gasteiger partial charge is 0.358 e. The number of anilines is 1. The SMILES string of the molecule is Cc1[nH]c2ccccc2c1C(=O)Nc1cccc(C(=O)N(C)C)c1. The molecule has 1 heterocycles. The minimum Gasteiger partial charge on any atom is -0.358 e. The van der Waals surface area contributed by atoms with Crippen LogP contribution in [0.15, 0.2) is 48.5 Å². The Morgan fingerprint density at radius 3 is 2.54 bits per heavy atom. The topological polar surface area (TPSA) is 65.2 Å². The number of amides is 2. The number of nitrogens with one attached hydrogen (secondary N) is 2. The average Bonchev–Trinajstić information content (AvgIpc) is 2.90. The number of rotatable bonds is 3. The summed E-state index contributed by atoms with van der Waals surface area (Å²) in [5.41, 5.74) is 3.49. The lowest BCUT2D eigenvalue weighted by molar-refractivity contribution is 0.0827. The van der Waals surface area contributed by atoms with E-state index in [0.29, 0.717) is 16.8 Å². The molecule has 0 aliphatic carbocycles. The van der Waals surface area contributed by atoms with Crippen molar-refractivity contribution in [2.75, 3.05) is 19.4 Å². The van der Waals surface area contributed by atoms with Crippen molar-refractivity contribution in [3.8, 4) is 0 Å². The molecule has 2 N–H and O–H groups in total. The summed E-state index contributed by atoms with van der Waals surface area (Å²) in [6.07, 6.45) is 0. The highest BCUT2D eigenvalue weighted by Gasteiger charge is 2.16. The Morgan fingerprint density at radius 2 is 1.79 bits per heavy atom. The highest BCUT2D eigenvalue weighted by Crippen LogP contribution is 2.23. The van der Waals surface area contributed by atoms with Crippen molar-refractivity contribution in [3.63, 3.8) is 0 Å². The molecule has 0 unspecified atom stereocenters. The van der Waals surface area contributed by atoms with Gasteiger partial charge in [-0.2, -0.15) is 0 Å². The van der Waals surface area contributed by atoms with Gasteiger partial charge in [-0.1, -0.05) is 24.3 Å². The van der Waals surface area contributed by atoms with Gasteiger partial charge in [0.15, 0.2) is 0 Å². The van der Waals surface area contributed by atoms with E-state index in [4.69, 9.17) is 0 Å². The predicted octanol–water partition coefficient (Wildman–Crippen LogP) is 3.43. The maximum Gasteiger partial charge on any atom is 0.258 e. The zero-order chi connectivity index (χ0) is 17.3. The smallest absolute Gasteiger partial charge is 0.258 e. The van der Waals surface area contributed by atoms with Crippen molar-refractivity contribution >= 4 is 28.4 Å². The van der Waals surface area contributed by atoms with Crippen LogP contribution < -0.4 is 5.32 Å². The molecule has 122 valence electrons. The van der Waals surface area contributed by atoms with Gasteiger partial charge in [-0.05, 0) is 31.2 Å². The van der Waals surface area contributed by atoms with Gasteiger partial charge in [-0.3, -0.25) is 9.59 Å². The fourth-order valence-corrected chi connectivity index (χ4v) is 2.75. The van der Waals surface area contributed by atoms with Gasteiger partial charge in [0.25, 0.3) is 11.8 Å². The molecule has 1 aromatic heterocycles. The summed E-state index contributed by atoms with van der Waals surface area (Å²) in [4.78, 5) is 29.5. The van der Waals surface area contributed by atoms with E-state index in [9.17, 15) is 9.59 Å². The Labute approximate surface area is 140 Å². The monoisotopic (exact) mass is 321 g/mol. The molecule has 0 saturated heterocycles. The maximum absolute atomic E-state index is 12.7. The van der Waals surface area contributed by atoms with Crippen molar-refractivity contribution in [2.24, 2.45) is 0 Å². The van der Waals surface area contributed by atoms with Crippen molar-refractivity contribution in [2.45, 2.75) is 6.92 Å². The van der Waals surface area contributed by atoms with Crippen LogP contribution in [0.25, 0.3) is 10.9 Å². The van der Waals surface area contributed by atoms with Crippen LogP contribution in [0.4, 0.5) is 5.69 Å². The molecule has 0 aliphatic heterocycles. The summed E-state index contributed by atoms with van der Waals surface area (Å²) >= 11 is 0. The van der Waals surface area contributed by atoms with Crippen molar-refractivity contribution in [1.82, 2.24) is 9.88 Å². The zero-order valence-electron chi connectivity index (χ0n) is 13.9. The average molecular weight is 321 g/mol. The van der Waals surface area contributed by atoms with Crippen LogP contribution in [0.2, 0.25) is 0 Å². The number of aryl methyl sites for hydroxylation is 1. The van der Waals surface area contributed by atoms with E-state index in [-0.39, 0.29) is 11.8 Å². The number of aromatic nitrogens is 1. The molecule has 5 heteroatoms. The molecular weight excluding hydrogens is 302 g/mol. The van der Waals surface area contributed by atoms with Crippen LogP contribution in [0.1, 0.15) is 26.4 Å². The molecule has 3 rings (SSSR count). The first-order chi connectivity index (χ1) is 11.5. The van der Waals surface area contributed by atoms with E-state index in [2.05, 4.69) is 10.3 Å². The number of aromatic amines is 1. The lowest BCUT2D eigenvalue weighted by Gasteiger charge is -2.12. The van der Waals surface area contributed by atoms with Gasteiger partial charge >= 0.3 is 0 Å².